The van der Waals surface area contributed by atoms with E-state index in [1.54, 1.807) is 19.9 Å². The fourth-order valence-corrected chi connectivity index (χ4v) is 3.11. The number of benzene rings is 1. The first-order valence-electron chi connectivity index (χ1n) is 11.5. The highest BCUT2D eigenvalue weighted by Crippen LogP contribution is 2.29. The predicted molar refractivity (Wildman–Crippen MR) is 134 cm³/mol. The van der Waals surface area contributed by atoms with Gasteiger partial charge in [0.2, 0.25) is 5.88 Å². The van der Waals surface area contributed by atoms with Gasteiger partial charge in [0, 0.05) is 29.9 Å². The Labute approximate surface area is 208 Å². The third-order valence-corrected chi connectivity index (χ3v) is 4.78. The second-order valence-corrected chi connectivity index (χ2v) is 8.09. The second kappa shape index (κ2) is 14.8. The number of phenols is 1. The molecule has 5 N–H and O–H groups in total. The number of amides is 2. The fourth-order valence-electron chi connectivity index (χ4n) is 3.11. The normalized spacial score (nSPS) is 11.9. The van der Waals surface area contributed by atoms with E-state index in [1.165, 1.54) is 74.8 Å². The number of aromatic nitrogens is 3. The Morgan fingerprint density at radius 1 is 1.08 bits per heavy atom. The summed E-state index contributed by atoms with van der Waals surface area (Å²) in [5.41, 5.74) is 0.314. The Bertz CT molecular complexity index is 1110. The molecule has 0 bridgehead atoms. The van der Waals surface area contributed by atoms with E-state index in [1.807, 2.05) is 0 Å². The minimum Gasteiger partial charge on any atom is -0.507 e. The number of nitrogens with one attached hydrogen (secondary N) is 3. The van der Waals surface area contributed by atoms with Crippen LogP contribution < -0.4 is 15.4 Å². The van der Waals surface area contributed by atoms with Gasteiger partial charge in [0.15, 0.2) is 6.29 Å². The number of hydrogen-bond donors (Lipinski definition) is 5. The molecule has 192 valence electrons. The van der Waals surface area contributed by atoms with Gasteiger partial charge in [0.05, 0.1) is 11.8 Å². The second-order valence-electron chi connectivity index (χ2n) is 8.09. The summed E-state index contributed by atoms with van der Waals surface area (Å²) in [7, 11) is 0. The van der Waals surface area contributed by atoms with Gasteiger partial charge in [-0.15, -0.1) is 0 Å². The largest absolute Gasteiger partial charge is 0.507 e. The lowest BCUT2D eigenvalue weighted by molar-refractivity contribution is 0.102. The Morgan fingerprint density at radius 3 is 2.31 bits per heavy atom. The number of carboxylic acid groups (broad SMARTS) is 1. The number of carbonyl (C=O) groups excluding carboxylic acids is 2. The Hall–Kier alpha value is -4.41. The minimum atomic E-state index is -0.963. The standard InChI is InChI=1S/C16H12N4O4.C5H10.C4H9NO2/c21-9-11-12(22)2-1-3-13(11)24-15-8-10(4-6-17-15)16(23)19-14-5-7-18-20-14;1-2-4-5-3-1;1-3(2)5-4(6)7/h1-9,22H,(H2,18,19,20,23);1-5H2;3,5H,1-2H3,(H,6,7). The van der Waals surface area contributed by atoms with Crippen LogP contribution in [-0.4, -0.2) is 49.7 Å². The van der Waals surface area contributed by atoms with Crippen molar-refractivity contribution in [3.8, 4) is 17.4 Å². The van der Waals surface area contributed by atoms with Crippen LogP contribution in [0.2, 0.25) is 0 Å². The number of aldehydes is 1. The van der Waals surface area contributed by atoms with Crippen molar-refractivity contribution in [1.29, 1.82) is 0 Å². The Kier molecular flexibility index (Phi) is 11.4. The molecule has 2 heterocycles. The molecule has 1 fully saturated rings. The van der Waals surface area contributed by atoms with E-state index in [2.05, 4.69) is 25.8 Å². The van der Waals surface area contributed by atoms with Crippen molar-refractivity contribution >= 4 is 24.1 Å². The number of pyridine rings is 1. The maximum absolute atomic E-state index is 12.2. The Balaban J connectivity index is 0.000000313. The van der Waals surface area contributed by atoms with Crippen LogP contribution in [0.1, 0.15) is 66.7 Å². The molecule has 0 spiro atoms. The number of nitrogens with zero attached hydrogens (tertiary/aromatic N) is 2. The minimum absolute atomic E-state index is 0.00612. The molecule has 0 radical (unpaired) electrons. The van der Waals surface area contributed by atoms with Gasteiger partial charge in [-0.05, 0) is 32.0 Å². The van der Waals surface area contributed by atoms with E-state index in [9.17, 15) is 19.5 Å². The molecule has 11 nitrogen and oxygen atoms in total. The van der Waals surface area contributed by atoms with Gasteiger partial charge < -0.3 is 25.6 Å². The molecule has 0 saturated heterocycles. The number of anilines is 1. The van der Waals surface area contributed by atoms with Crippen LogP contribution in [0.5, 0.6) is 17.4 Å². The average molecular weight is 498 g/mol. The molecule has 1 aromatic carbocycles. The van der Waals surface area contributed by atoms with Crippen LogP contribution in [0, 0.1) is 0 Å². The topological polar surface area (TPSA) is 167 Å². The highest BCUT2D eigenvalue weighted by Gasteiger charge is 2.12. The van der Waals surface area contributed by atoms with Crippen LogP contribution >= 0.6 is 0 Å². The number of aromatic hydroxyl groups is 1. The number of hydrogen-bond acceptors (Lipinski definition) is 7. The summed E-state index contributed by atoms with van der Waals surface area (Å²) in [6, 6.07) is 9.00. The molecule has 4 rings (SSSR count). The summed E-state index contributed by atoms with van der Waals surface area (Å²) < 4.78 is 5.50. The molecule has 36 heavy (non-hydrogen) atoms. The van der Waals surface area contributed by atoms with Gasteiger partial charge in [-0.2, -0.15) is 5.10 Å². The zero-order valence-electron chi connectivity index (χ0n) is 20.2. The lowest BCUT2D eigenvalue weighted by Gasteiger charge is -2.09. The van der Waals surface area contributed by atoms with Gasteiger partial charge >= 0.3 is 6.09 Å². The van der Waals surface area contributed by atoms with E-state index < -0.39 is 6.09 Å². The van der Waals surface area contributed by atoms with E-state index in [4.69, 9.17) is 9.84 Å². The maximum atomic E-state index is 12.2. The van der Waals surface area contributed by atoms with Crippen LogP contribution in [-0.2, 0) is 0 Å². The number of phenolic OH excluding ortho intramolecular Hbond substituents is 1. The monoisotopic (exact) mass is 497 g/mol. The molecule has 1 aliphatic rings. The van der Waals surface area contributed by atoms with Gasteiger partial charge in [-0.1, -0.05) is 38.2 Å². The Morgan fingerprint density at radius 2 is 1.78 bits per heavy atom. The van der Waals surface area contributed by atoms with Crippen LogP contribution in [0.4, 0.5) is 10.6 Å². The summed E-state index contributed by atoms with van der Waals surface area (Å²) in [6.45, 7) is 3.54. The average Bonchev–Trinajstić information content (AvgIpc) is 3.56. The number of ether oxygens (including phenoxy) is 1. The summed E-state index contributed by atoms with van der Waals surface area (Å²) >= 11 is 0. The lowest BCUT2D eigenvalue weighted by Crippen LogP contribution is -2.27. The summed E-state index contributed by atoms with van der Waals surface area (Å²) in [5, 5.41) is 28.8. The smallest absolute Gasteiger partial charge is 0.404 e. The number of H-pyrrole nitrogens is 1. The van der Waals surface area contributed by atoms with Gasteiger partial charge in [0.1, 0.15) is 17.3 Å². The molecule has 11 heteroatoms. The number of carbonyl (C=O) groups is 3. The number of aromatic amines is 1. The van der Waals surface area contributed by atoms with Crippen molar-refractivity contribution in [1.82, 2.24) is 20.5 Å². The molecule has 0 atom stereocenters. The molecule has 0 unspecified atom stereocenters. The lowest BCUT2D eigenvalue weighted by atomic mass is 10.2. The summed E-state index contributed by atoms with van der Waals surface area (Å²) in [5.74, 6) is 0.133. The predicted octanol–water partition coefficient (Wildman–Crippen LogP) is 4.98. The zero-order valence-corrected chi connectivity index (χ0v) is 20.2. The van der Waals surface area contributed by atoms with Gasteiger partial charge in [-0.3, -0.25) is 14.7 Å². The molecule has 2 aromatic heterocycles. The molecule has 2 amide bonds. The molecule has 1 saturated carbocycles. The highest BCUT2D eigenvalue weighted by molar-refractivity contribution is 6.03. The van der Waals surface area contributed by atoms with Crippen molar-refractivity contribution in [2.45, 2.75) is 52.0 Å². The molecular formula is C25H31N5O6. The third-order valence-electron chi connectivity index (χ3n) is 4.78. The molecule has 3 aromatic rings. The van der Waals surface area contributed by atoms with Crippen molar-refractivity contribution in [2.75, 3.05) is 5.32 Å². The van der Waals surface area contributed by atoms with Gasteiger partial charge in [0.25, 0.3) is 5.91 Å². The van der Waals surface area contributed by atoms with Crippen molar-refractivity contribution < 1.29 is 29.3 Å². The van der Waals surface area contributed by atoms with Gasteiger partial charge in [-0.25, -0.2) is 9.78 Å². The first-order chi connectivity index (χ1) is 17.3. The summed E-state index contributed by atoms with van der Waals surface area (Å²) in [6.07, 6.45) is 9.94. The first kappa shape index (κ1) is 27.8. The maximum Gasteiger partial charge on any atom is 0.404 e. The summed E-state index contributed by atoms with van der Waals surface area (Å²) in [4.78, 5) is 36.9. The fraction of sp³-hybridized carbons (Fsp3) is 0.320. The van der Waals surface area contributed by atoms with E-state index in [0.29, 0.717) is 17.7 Å². The van der Waals surface area contributed by atoms with E-state index in [-0.39, 0.29) is 34.9 Å². The first-order valence-corrected chi connectivity index (χ1v) is 11.5. The quantitative estimate of drug-likeness (QED) is 0.297. The SMILES string of the molecule is C1CCCC1.CC(C)NC(=O)O.O=Cc1c(O)cccc1Oc1cc(C(=O)Nc2ccn[nH]2)ccn1. The van der Waals surface area contributed by atoms with Crippen molar-refractivity contribution in [3.63, 3.8) is 0 Å². The highest BCUT2D eigenvalue weighted by atomic mass is 16.5. The molecule has 1 aliphatic carbocycles. The van der Waals surface area contributed by atoms with Crippen LogP contribution in [0.15, 0.2) is 48.8 Å². The molecule has 0 aliphatic heterocycles. The van der Waals surface area contributed by atoms with Crippen LogP contribution in [0.3, 0.4) is 0 Å². The van der Waals surface area contributed by atoms with Crippen LogP contribution in [0.25, 0.3) is 0 Å². The molecular weight excluding hydrogens is 466 g/mol. The van der Waals surface area contributed by atoms with E-state index >= 15 is 0 Å². The van der Waals surface area contributed by atoms with Crippen molar-refractivity contribution in [2.24, 2.45) is 0 Å². The van der Waals surface area contributed by atoms with Crippen molar-refractivity contribution in [3.05, 3.63) is 59.9 Å². The van der Waals surface area contributed by atoms with E-state index in [0.717, 1.165) is 0 Å². The zero-order chi connectivity index (χ0) is 26.3. The number of rotatable bonds is 6. The third kappa shape index (κ3) is 9.84.